The van der Waals surface area contributed by atoms with Crippen LogP contribution in [0, 0.1) is 6.92 Å². The molecule has 3 heteroatoms. The number of hydrogen-bond donors (Lipinski definition) is 1. The molecule has 17 heavy (non-hydrogen) atoms. The molecule has 0 aliphatic rings. The van der Waals surface area contributed by atoms with E-state index in [0.29, 0.717) is 5.69 Å². The number of nitrogens with zero attached hydrogens (tertiary/aromatic N) is 1. The Balaban J connectivity index is 2.48. The highest BCUT2D eigenvalue weighted by Crippen LogP contribution is 2.20. The molecule has 3 nitrogen and oxygen atoms in total. The van der Waals surface area contributed by atoms with E-state index in [1.807, 2.05) is 31.5 Å². The Hall–Kier alpha value is -1.77. The SMILES string of the molecule is Cc1ccc2c(c1)cc(C(=O)NC(C)C)n2C. The predicted molar refractivity (Wildman–Crippen MR) is 70.3 cm³/mol. The summed E-state index contributed by atoms with van der Waals surface area (Å²) in [4.78, 5) is 12.0. The van der Waals surface area contributed by atoms with Gasteiger partial charge < -0.3 is 9.88 Å². The molecule has 2 aromatic rings. The van der Waals surface area contributed by atoms with Crippen LogP contribution in [0.15, 0.2) is 24.3 Å². The van der Waals surface area contributed by atoms with Crippen LogP contribution in [-0.2, 0) is 7.05 Å². The molecule has 0 atom stereocenters. The number of hydrogen-bond acceptors (Lipinski definition) is 1. The third kappa shape index (κ3) is 2.18. The van der Waals surface area contributed by atoms with Gasteiger partial charge in [0.2, 0.25) is 0 Å². The Kier molecular flexibility index (Phi) is 2.92. The Morgan fingerprint density at radius 3 is 2.65 bits per heavy atom. The highest BCUT2D eigenvalue weighted by Gasteiger charge is 2.13. The molecule has 2 rings (SSSR count). The molecule has 0 bridgehead atoms. The first-order valence-electron chi connectivity index (χ1n) is 5.86. The smallest absolute Gasteiger partial charge is 0.268 e. The van der Waals surface area contributed by atoms with Crippen molar-refractivity contribution >= 4 is 16.8 Å². The molecular weight excluding hydrogens is 212 g/mol. The minimum absolute atomic E-state index is 0.0173. The Labute approximate surface area is 101 Å². The number of aromatic nitrogens is 1. The first-order chi connectivity index (χ1) is 7.99. The van der Waals surface area contributed by atoms with Gasteiger partial charge >= 0.3 is 0 Å². The molecule has 0 aliphatic heterocycles. The van der Waals surface area contributed by atoms with Crippen LogP contribution in [0.25, 0.3) is 10.9 Å². The van der Waals surface area contributed by atoms with E-state index >= 15 is 0 Å². The van der Waals surface area contributed by atoms with E-state index in [4.69, 9.17) is 0 Å². The number of carbonyl (C=O) groups is 1. The van der Waals surface area contributed by atoms with E-state index in [2.05, 4.69) is 30.4 Å². The average Bonchev–Trinajstić information content (AvgIpc) is 2.54. The second-order valence-electron chi connectivity index (χ2n) is 4.78. The Morgan fingerprint density at radius 1 is 1.29 bits per heavy atom. The van der Waals surface area contributed by atoms with Gasteiger partial charge in [0.05, 0.1) is 0 Å². The maximum atomic E-state index is 12.0. The number of benzene rings is 1. The number of carbonyl (C=O) groups excluding carboxylic acids is 1. The predicted octanol–water partition coefficient (Wildman–Crippen LogP) is 2.62. The molecule has 0 spiro atoms. The van der Waals surface area contributed by atoms with Crippen molar-refractivity contribution in [1.29, 1.82) is 0 Å². The second kappa shape index (κ2) is 4.24. The Morgan fingerprint density at radius 2 is 2.00 bits per heavy atom. The van der Waals surface area contributed by atoms with Crippen LogP contribution in [0.3, 0.4) is 0 Å². The third-order valence-electron chi connectivity index (χ3n) is 2.85. The molecule has 1 heterocycles. The molecule has 0 saturated carbocycles. The molecule has 1 amide bonds. The normalized spacial score (nSPS) is 11.1. The second-order valence-corrected chi connectivity index (χ2v) is 4.78. The van der Waals surface area contributed by atoms with Crippen molar-refractivity contribution in [2.24, 2.45) is 7.05 Å². The zero-order valence-electron chi connectivity index (χ0n) is 10.7. The fraction of sp³-hybridized carbons (Fsp3) is 0.357. The van der Waals surface area contributed by atoms with Gasteiger partial charge in [-0.15, -0.1) is 0 Å². The van der Waals surface area contributed by atoms with Crippen molar-refractivity contribution in [3.05, 3.63) is 35.5 Å². The lowest BCUT2D eigenvalue weighted by molar-refractivity contribution is 0.0935. The van der Waals surface area contributed by atoms with Gasteiger partial charge in [-0.1, -0.05) is 11.6 Å². The summed E-state index contributed by atoms with van der Waals surface area (Å²) >= 11 is 0. The number of fused-ring (bicyclic) bond motifs is 1. The number of amides is 1. The minimum atomic E-state index is -0.0173. The fourth-order valence-corrected chi connectivity index (χ4v) is 2.02. The van der Waals surface area contributed by atoms with Gasteiger partial charge in [0.15, 0.2) is 0 Å². The summed E-state index contributed by atoms with van der Waals surface area (Å²) < 4.78 is 1.94. The van der Waals surface area contributed by atoms with E-state index in [1.165, 1.54) is 5.56 Å². The van der Waals surface area contributed by atoms with Crippen LogP contribution in [0.5, 0.6) is 0 Å². The van der Waals surface area contributed by atoms with Crippen LogP contribution in [-0.4, -0.2) is 16.5 Å². The van der Waals surface area contributed by atoms with Crippen molar-refractivity contribution in [3.8, 4) is 0 Å². The molecule has 0 fully saturated rings. The summed E-state index contributed by atoms with van der Waals surface area (Å²) in [5, 5.41) is 4.03. The highest BCUT2D eigenvalue weighted by molar-refractivity contribution is 5.98. The first-order valence-corrected chi connectivity index (χ1v) is 5.86. The van der Waals surface area contributed by atoms with E-state index in [0.717, 1.165) is 10.9 Å². The molecule has 1 N–H and O–H groups in total. The molecule has 0 saturated heterocycles. The molecule has 90 valence electrons. The molecule has 1 aromatic heterocycles. The summed E-state index contributed by atoms with van der Waals surface area (Å²) in [5.74, 6) is -0.0173. The van der Waals surface area contributed by atoms with E-state index < -0.39 is 0 Å². The molecule has 0 aliphatic carbocycles. The summed E-state index contributed by atoms with van der Waals surface area (Å²) in [6.45, 7) is 5.98. The van der Waals surface area contributed by atoms with Crippen LogP contribution in [0.2, 0.25) is 0 Å². The zero-order valence-corrected chi connectivity index (χ0v) is 10.7. The van der Waals surface area contributed by atoms with Gasteiger partial charge in [-0.2, -0.15) is 0 Å². The summed E-state index contributed by atoms with van der Waals surface area (Å²) in [6.07, 6.45) is 0. The van der Waals surface area contributed by atoms with Gasteiger partial charge in [-0.3, -0.25) is 4.79 Å². The summed E-state index contributed by atoms with van der Waals surface area (Å²) in [5.41, 5.74) is 3.00. The minimum Gasteiger partial charge on any atom is -0.349 e. The first kappa shape index (κ1) is 11.7. The maximum absolute atomic E-state index is 12.0. The molecule has 0 unspecified atom stereocenters. The fourth-order valence-electron chi connectivity index (χ4n) is 2.02. The van der Waals surface area contributed by atoms with Crippen LogP contribution in [0.4, 0.5) is 0 Å². The van der Waals surface area contributed by atoms with Gasteiger partial charge in [-0.25, -0.2) is 0 Å². The quantitative estimate of drug-likeness (QED) is 0.845. The van der Waals surface area contributed by atoms with Gasteiger partial charge in [0.1, 0.15) is 5.69 Å². The van der Waals surface area contributed by atoms with Crippen molar-refractivity contribution < 1.29 is 4.79 Å². The lowest BCUT2D eigenvalue weighted by Gasteiger charge is -2.08. The van der Waals surface area contributed by atoms with Crippen molar-refractivity contribution in [2.45, 2.75) is 26.8 Å². The van der Waals surface area contributed by atoms with Crippen LogP contribution in [0.1, 0.15) is 29.9 Å². The third-order valence-corrected chi connectivity index (χ3v) is 2.85. The van der Waals surface area contributed by atoms with Crippen LogP contribution < -0.4 is 5.32 Å². The lowest BCUT2D eigenvalue weighted by atomic mass is 10.2. The van der Waals surface area contributed by atoms with Crippen LogP contribution >= 0.6 is 0 Å². The van der Waals surface area contributed by atoms with Crippen molar-refractivity contribution in [2.75, 3.05) is 0 Å². The molecule has 0 radical (unpaired) electrons. The topological polar surface area (TPSA) is 34.0 Å². The van der Waals surface area contributed by atoms with E-state index in [-0.39, 0.29) is 11.9 Å². The molecule has 1 aromatic carbocycles. The largest absolute Gasteiger partial charge is 0.349 e. The van der Waals surface area contributed by atoms with Gasteiger partial charge in [0, 0.05) is 24.0 Å². The average molecular weight is 230 g/mol. The number of rotatable bonds is 2. The van der Waals surface area contributed by atoms with Crippen molar-refractivity contribution in [3.63, 3.8) is 0 Å². The van der Waals surface area contributed by atoms with Gasteiger partial charge in [-0.05, 0) is 39.0 Å². The maximum Gasteiger partial charge on any atom is 0.268 e. The van der Waals surface area contributed by atoms with Crippen molar-refractivity contribution in [1.82, 2.24) is 9.88 Å². The summed E-state index contributed by atoms with van der Waals surface area (Å²) in [7, 11) is 1.92. The molecular formula is C14H18N2O. The highest BCUT2D eigenvalue weighted by atomic mass is 16.2. The van der Waals surface area contributed by atoms with E-state index in [1.54, 1.807) is 0 Å². The van der Waals surface area contributed by atoms with E-state index in [9.17, 15) is 4.79 Å². The number of nitrogens with one attached hydrogen (secondary N) is 1. The zero-order chi connectivity index (χ0) is 12.6. The Bertz CT molecular complexity index is 567. The van der Waals surface area contributed by atoms with Gasteiger partial charge in [0.25, 0.3) is 5.91 Å². The standard InChI is InChI=1S/C14H18N2O/c1-9(2)15-14(17)13-8-11-7-10(3)5-6-12(11)16(13)4/h5-9H,1-4H3,(H,15,17). The number of aryl methyl sites for hydroxylation is 2. The summed E-state index contributed by atoms with van der Waals surface area (Å²) in [6, 6.07) is 8.31. The monoisotopic (exact) mass is 230 g/mol. The lowest BCUT2D eigenvalue weighted by Crippen LogP contribution is -2.31.